The number of hydrogen-bond donors (Lipinski definition) is 1. The van der Waals surface area contributed by atoms with Gasteiger partial charge in [-0.15, -0.1) is 11.3 Å². The Morgan fingerprint density at radius 2 is 2.07 bits per heavy atom. The maximum absolute atomic E-state index is 5.87. The van der Waals surface area contributed by atoms with Crippen LogP contribution >= 0.6 is 11.3 Å². The van der Waals surface area contributed by atoms with Crippen molar-refractivity contribution in [3.05, 3.63) is 40.6 Å². The first kappa shape index (κ1) is 8.80. The average molecular weight is 217 g/mol. The number of thiophene rings is 1. The lowest BCUT2D eigenvalue weighted by atomic mass is 10.2. The van der Waals surface area contributed by atoms with Crippen LogP contribution in [0.1, 0.15) is 5.56 Å². The molecule has 3 heteroatoms. The summed E-state index contributed by atoms with van der Waals surface area (Å²) < 4.78 is 5.87. The molecule has 1 aliphatic rings. The van der Waals surface area contributed by atoms with Gasteiger partial charge in [0.2, 0.25) is 0 Å². The van der Waals surface area contributed by atoms with Crippen LogP contribution in [0.4, 0.5) is 5.69 Å². The maximum Gasteiger partial charge on any atom is 0.150 e. The van der Waals surface area contributed by atoms with Crippen LogP contribution in [0, 0.1) is 0 Å². The molecule has 0 unspecified atom stereocenters. The maximum atomic E-state index is 5.87. The zero-order valence-corrected chi connectivity index (χ0v) is 9.01. The standard InChI is InChI=1S/C12H11NOS/c1-2-4-11-10(3-1)13-6-5-9-7-15-8-12(9)14-11/h1-4,7-8,13H,5-6H2. The van der Waals surface area contributed by atoms with Gasteiger partial charge in [0.25, 0.3) is 0 Å². The molecule has 1 aromatic carbocycles. The molecule has 1 N–H and O–H groups in total. The van der Waals surface area contributed by atoms with Crippen molar-refractivity contribution < 1.29 is 4.74 Å². The number of rotatable bonds is 0. The summed E-state index contributed by atoms with van der Waals surface area (Å²) in [4.78, 5) is 0. The van der Waals surface area contributed by atoms with Gasteiger partial charge in [0, 0.05) is 17.5 Å². The fraction of sp³-hybridized carbons (Fsp3) is 0.167. The average Bonchev–Trinajstić information content (AvgIpc) is 2.65. The van der Waals surface area contributed by atoms with Crippen molar-refractivity contribution >= 4 is 17.0 Å². The van der Waals surface area contributed by atoms with E-state index in [-0.39, 0.29) is 0 Å². The molecule has 0 spiro atoms. The van der Waals surface area contributed by atoms with Crippen LogP contribution < -0.4 is 10.1 Å². The molecule has 0 atom stereocenters. The lowest BCUT2D eigenvalue weighted by Gasteiger charge is -2.16. The fourth-order valence-corrected chi connectivity index (χ4v) is 2.52. The van der Waals surface area contributed by atoms with Crippen LogP contribution in [0.3, 0.4) is 0 Å². The van der Waals surface area contributed by atoms with Gasteiger partial charge in [-0.25, -0.2) is 0 Å². The zero-order chi connectivity index (χ0) is 10.1. The van der Waals surface area contributed by atoms with Gasteiger partial charge >= 0.3 is 0 Å². The highest BCUT2D eigenvalue weighted by molar-refractivity contribution is 7.08. The molecule has 2 heterocycles. The summed E-state index contributed by atoms with van der Waals surface area (Å²) in [6.07, 6.45) is 1.02. The monoisotopic (exact) mass is 217 g/mol. The van der Waals surface area contributed by atoms with E-state index in [0.29, 0.717) is 0 Å². The van der Waals surface area contributed by atoms with E-state index in [2.05, 4.69) is 16.1 Å². The number of anilines is 1. The lowest BCUT2D eigenvalue weighted by molar-refractivity contribution is 0.478. The minimum absolute atomic E-state index is 0.914. The summed E-state index contributed by atoms with van der Waals surface area (Å²) >= 11 is 1.70. The molecule has 0 radical (unpaired) electrons. The number of ether oxygens (including phenoxy) is 1. The Labute approximate surface area is 92.5 Å². The molecule has 0 fully saturated rings. The smallest absolute Gasteiger partial charge is 0.150 e. The summed E-state index contributed by atoms with van der Waals surface area (Å²) in [7, 11) is 0. The minimum Gasteiger partial charge on any atom is -0.454 e. The minimum atomic E-state index is 0.914. The molecular weight excluding hydrogens is 206 g/mol. The van der Waals surface area contributed by atoms with Crippen molar-refractivity contribution in [3.8, 4) is 11.5 Å². The number of para-hydroxylation sites is 2. The number of hydrogen-bond acceptors (Lipinski definition) is 3. The fourth-order valence-electron chi connectivity index (χ4n) is 1.74. The van der Waals surface area contributed by atoms with E-state index in [1.54, 1.807) is 11.3 Å². The predicted octanol–water partition coefficient (Wildman–Crippen LogP) is 3.51. The van der Waals surface area contributed by atoms with Gasteiger partial charge in [-0.1, -0.05) is 12.1 Å². The Bertz CT molecular complexity index is 478. The normalized spacial score (nSPS) is 13.9. The molecule has 1 aliphatic heterocycles. The van der Waals surface area contributed by atoms with Crippen LogP contribution in [0.15, 0.2) is 35.0 Å². The van der Waals surface area contributed by atoms with Crippen LogP contribution in [-0.4, -0.2) is 6.54 Å². The first-order valence-electron chi connectivity index (χ1n) is 4.99. The van der Waals surface area contributed by atoms with E-state index < -0.39 is 0 Å². The lowest BCUT2D eigenvalue weighted by Crippen LogP contribution is -2.08. The Hall–Kier alpha value is -1.48. The molecule has 2 aromatic rings. The van der Waals surface area contributed by atoms with Crippen molar-refractivity contribution in [2.24, 2.45) is 0 Å². The van der Waals surface area contributed by atoms with Crippen molar-refractivity contribution in [3.63, 3.8) is 0 Å². The van der Waals surface area contributed by atoms with Crippen LogP contribution in [0.5, 0.6) is 11.5 Å². The van der Waals surface area contributed by atoms with Gasteiger partial charge < -0.3 is 10.1 Å². The van der Waals surface area contributed by atoms with E-state index in [1.165, 1.54) is 5.56 Å². The molecule has 0 aliphatic carbocycles. The van der Waals surface area contributed by atoms with E-state index in [1.807, 2.05) is 24.3 Å². The summed E-state index contributed by atoms with van der Waals surface area (Å²) in [5.41, 5.74) is 2.37. The van der Waals surface area contributed by atoms with E-state index >= 15 is 0 Å². The summed E-state index contributed by atoms with van der Waals surface area (Å²) in [6.45, 7) is 0.962. The number of benzene rings is 1. The third-order valence-electron chi connectivity index (χ3n) is 2.52. The Balaban J connectivity index is 2.05. The van der Waals surface area contributed by atoms with Gasteiger partial charge in [0.15, 0.2) is 5.75 Å². The molecule has 0 saturated heterocycles. The molecule has 0 bridgehead atoms. The Kier molecular flexibility index (Phi) is 2.10. The van der Waals surface area contributed by atoms with Crippen LogP contribution in [0.2, 0.25) is 0 Å². The van der Waals surface area contributed by atoms with Crippen LogP contribution in [-0.2, 0) is 6.42 Å². The third-order valence-corrected chi connectivity index (χ3v) is 3.29. The molecule has 1 aromatic heterocycles. The highest BCUT2D eigenvalue weighted by Gasteiger charge is 2.12. The first-order valence-corrected chi connectivity index (χ1v) is 5.93. The van der Waals surface area contributed by atoms with E-state index in [4.69, 9.17) is 4.74 Å². The molecule has 2 nitrogen and oxygen atoms in total. The van der Waals surface area contributed by atoms with E-state index in [0.717, 1.165) is 30.2 Å². The van der Waals surface area contributed by atoms with Gasteiger partial charge in [-0.2, -0.15) is 0 Å². The highest BCUT2D eigenvalue weighted by atomic mass is 32.1. The second-order valence-corrected chi connectivity index (χ2v) is 4.28. The second-order valence-electron chi connectivity index (χ2n) is 3.54. The van der Waals surface area contributed by atoms with Gasteiger partial charge in [-0.05, 0) is 23.9 Å². The summed E-state index contributed by atoms with van der Waals surface area (Å²) in [5, 5.41) is 7.60. The second kappa shape index (κ2) is 3.59. The first-order chi connectivity index (χ1) is 7.43. The zero-order valence-electron chi connectivity index (χ0n) is 8.19. The predicted molar refractivity (Wildman–Crippen MR) is 63.0 cm³/mol. The Morgan fingerprint density at radius 3 is 3.07 bits per heavy atom. The van der Waals surface area contributed by atoms with Gasteiger partial charge in [0.05, 0.1) is 5.69 Å². The van der Waals surface area contributed by atoms with Crippen molar-refractivity contribution in [2.45, 2.75) is 6.42 Å². The summed E-state index contributed by atoms with van der Waals surface area (Å²) in [6, 6.07) is 8.06. The number of nitrogens with one attached hydrogen (secondary N) is 1. The quantitative estimate of drug-likeness (QED) is 0.729. The van der Waals surface area contributed by atoms with Crippen molar-refractivity contribution in [1.82, 2.24) is 0 Å². The van der Waals surface area contributed by atoms with Crippen molar-refractivity contribution in [2.75, 3.05) is 11.9 Å². The highest BCUT2D eigenvalue weighted by Crippen LogP contribution is 2.35. The van der Waals surface area contributed by atoms with Crippen molar-refractivity contribution in [1.29, 1.82) is 0 Å². The topological polar surface area (TPSA) is 21.3 Å². The molecule has 0 amide bonds. The molecule has 3 rings (SSSR count). The third kappa shape index (κ3) is 1.59. The van der Waals surface area contributed by atoms with Crippen LogP contribution in [0.25, 0.3) is 0 Å². The number of fused-ring (bicyclic) bond motifs is 2. The van der Waals surface area contributed by atoms with E-state index in [9.17, 15) is 0 Å². The SMILES string of the molecule is c1ccc2c(c1)NCCc1cscc1O2. The molecule has 15 heavy (non-hydrogen) atoms. The summed E-state index contributed by atoms with van der Waals surface area (Å²) in [5.74, 6) is 1.92. The Morgan fingerprint density at radius 1 is 1.13 bits per heavy atom. The van der Waals surface area contributed by atoms with Gasteiger partial charge in [0.1, 0.15) is 5.75 Å². The van der Waals surface area contributed by atoms with Gasteiger partial charge in [-0.3, -0.25) is 0 Å². The molecular formula is C12H11NOS. The largest absolute Gasteiger partial charge is 0.454 e. The molecule has 0 saturated carbocycles. The molecule has 76 valence electrons.